The van der Waals surface area contributed by atoms with Crippen LogP contribution < -0.4 is 14.4 Å². The Kier molecular flexibility index (Phi) is 8.35. The summed E-state index contributed by atoms with van der Waals surface area (Å²) >= 11 is 1.37. The summed E-state index contributed by atoms with van der Waals surface area (Å²) in [6, 6.07) is 31.2. The Morgan fingerprint density at radius 1 is 0.870 bits per heavy atom. The smallest absolute Gasteiger partial charge is 0.346 e. The second kappa shape index (κ2) is 12.5. The lowest BCUT2D eigenvalue weighted by atomic mass is 9.73. The number of nitrogens with zero attached hydrogens (tertiary/aromatic N) is 3. The lowest BCUT2D eigenvalue weighted by molar-refractivity contribution is -0.132. The minimum absolute atomic E-state index is 0.202. The molecule has 46 heavy (non-hydrogen) atoms. The molecular formula is C38H33N3O4S. The van der Waals surface area contributed by atoms with Crippen molar-refractivity contribution in [3.63, 3.8) is 0 Å². The van der Waals surface area contributed by atoms with E-state index in [1.54, 1.807) is 26.5 Å². The quantitative estimate of drug-likeness (QED) is 0.122. The molecule has 1 aromatic heterocycles. The van der Waals surface area contributed by atoms with Gasteiger partial charge in [0.15, 0.2) is 0 Å². The number of carboxylic acid groups (broad SMARTS) is 1. The maximum Gasteiger partial charge on any atom is 0.346 e. The zero-order chi connectivity index (χ0) is 32.4. The van der Waals surface area contributed by atoms with E-state index in [2.05, 4.69) is 84.4 Å². The van der Waals surface area contributed by atoms with Crippen LogP contribution in [-0.2, 0) is 10.2 Å². The van der Waals surface area contributed by atoms with E-state index in [1.165, 1.54) is 39.7 Å². The zero-order valence-corrected chi connectivity index (χ0v) is 26.9. The van der Waals surface area contributed by atoms with Gasteiger partial charge in [-0.3, -0.25) is 0 Å². The van der Waals surface area contributed by atoms with Crippen LogP contribution in [0.3, 0.4) is 0 Å². The van der Waals surface area contributed by atoms with Crippen molar-refractivity contribution >= 4 is 40.4 Å². The molecule has 5 aromatic rings. The fourth-order valence-corrected chi connectivity index (χ4v) is 7.31. The fraction of sp³-hybridized carbons (Fsp3) is 0.184. The highest BCUT2D eigenvalue weighted by Crippen LogP contribution is 2.55. The predicted molar refractivity (Wildman–Crippen MR) is 183 cm³/mol. The van der Waals surface area contributed by atoms with Crippen LogP contribution in [0.25, 0.3) is 27.6 Å². The summed E-state index contributed by atoms with van der Waals surface area (Å²) in [4.78, 5) is 18.9. The van der Waals surface area contributed by atoms with Crippen molar-refractivity contribution < 1.29 is 19.4 Å². The van der Waals surface area contributed by atoms with E-state index in [1.807, 2.05) is 24.3 Å². The molecule has 0 saturated carbocycles. The van der Waals surface area contributed by atoms with Gasteiger partial charge >= 0.3 is 5.97 Å². The molecule has 230 valence electrons. The molecular weight excluding hydrogens is 595 g/mol. The lowest BCUT2D eigenvalue weighted by Crippen LogP contribution is -2.23. The maximum atomic E-state index is 11.3. The molecule has 0 saturated heterocycles. The van der Waals surface area contributed by atoms with E-state index in [4.69, 9.17) is 9.47 Å². The number of hydrogen-bond donors (Lipinski definition) is 1. The van der Waals surface area contributed by atoms with Gasteiger partial charge in [-0.25, -0.2) is 9.78 Å². The summed E-state index contributed by atoms with van der Waals surface area (Å²) in [7, 11) is 3.34. The molecule has 0 atom stereocenters. The molecule has 7 nitrogen and oxygen atoms in total. The summed E-state index contributed by atoms with van der Waals surface area (Å²) in [5, 5.41) is 18.9. The van der Waals surface area contributed by atoms with Gasteiger partial charge in [0.2, 0.25) is 0 Å². The van der Waals surface area contributed by atoms with E-state index < -0.39 is 5.97 Å². The van der Waals surface area contributed by atoms with Gasteiger partial charge in [-0.1, -0.05) is 32.0 Å². The van der Waals surface area contributed by atoms with Crippen molar-refractivity contribution in [2.45, 2.75) is 32.1 Å². The number of carboxylic acids is 1. The summed E-state index contributed by atoms with van der Waals surface area (Å²) < 4.78 is 10.9. The summed E-state index contributed by atoms with van der Waals surface area (Å²) in [5.41, 5.74) is 8.57. The Balaban J connectivity index is 1.45. The van der Waals surface area contributed by atoms with Crippen molar-refractivity contribution in [3.8, 4) is 39.1 Å². The lowest BCUT2D eigenvalue weighted by Gasteiger charge is -2.32. The van der Waals surface area contributed by atoms with Crippen LogP contribution in [-0.4, -0.2) is 30.3 Å². The number of anilines is 3. The summed E-state index contributed by atoms with van der Waals surface area (Å²) in [6.07, 6.45) is 4.90. The minimum atomic E-state index is -1.26. The van der Waals surface area contributed by atoms with Crippen molar-refractivity contribution in [1.82, 2.24) is 4.98 Å². The van der Waals surface area contributed by atoms with E-state index >= 15 is 0 Å². The molecule has 0 radical (unpaired) electrons. The molecule has 0 aliphatic heterocycles. The highest BCUT2D eigenvalue weighted by molar-refractivity contribution is 7.16. The van der Waals surface area contributed by atoms with Gasteiger partial charge in [0, 0.05) is 28.7 Å². The first-order valence-corrected chi connectivity index (χ1v) is 15.9. The first kappa shape index (κ1) is 30.6. The van der Waals surface area contributed by atoms with E-state index in [0.717, 1.165) is 51.8 Å². The second-order valence-electron chi connectivity index (χ2n) is 11.0. The van der Waals surface area contributed by atoms with Crippen LogP contribution in [0.15, 0.2) is 96.7 Å². The number of methoxy groups -OCH3 is 2. The fourth-order valence-electron chi connectivity index (χ4n) is 6.45. The van der Waals surface area contributed by atoms with Crippen LogP contribution in [0.5, 0.6) is 11.5 Å². The normalized spacial score (nSPS) is 13.0. The van der Waals surface area contributed by atoms with Gasteiger partial charge in [-0.05, 0) is 113 Å². The van der Waals surface area contributed by atoms with Crippen molar-refractivity contribution in [2.24, 2.45) is 0 Å². The molecule has 8 heteroatoms. The number of benzene rings is 4. The average molecular weight is 628 g/mol. The molecule has 1 N–H and O–H groups in total. The first-order chi connectivity index (χ1) is 22.3. The molecule has 0 unspecified atom stereocenters. The topological polar surface area (TPSA) is 95.7 Å². The number of aromatic nitrogens is 1. The number of fused-ring (bicyclic) bond motifs is 3. The van der Waals surface area contributed by atoms with Crippen LogP contribution >= 0.6 is 11.3 Å². The minimum Gasteiger partial charge on any atom is -0.497 e. The molecule has 4 aromatic carbocycles. The van der Waals surface area contributed by atoms with E-state index in [-0.39, 0.29) is 11.0 Å². The monoisotopic (exact) mass is 627 g/mol. The van der Waals surface area contributed by atoms with Crippen molar-refractivity contribution in [3.05, 3.63) is 113 Å². The van der Waals surface area contributed by atoms with Gasteiger partial charge in [0.25, 0.3) is 0 Å². The molecule has 6 rings (SSSR count). The molecule has 0 amide bonds. The molecule has 0 bridgehead atoms. The average Bonchev–Trinajstić information content (AvgIpc) is 3.68. The number of ether oxygens (including phenoxy) is 2. The Morgan fingerprint density at radius 3 is 1.93 bits per heavy atom. The number of thiazole rings is 1. The van der Waals surface area contributed by atoms with E-state index in [0.29, 0.717) is 5.01 Å². The molecule has 1 aliphatic carbocycles. The Labute approximate surface area is 272 Å². The van der Waals surface area contributed by atoms with Gasteiger partial charge < -0.3 is 19.5 Å². The van der Waals surface area contributed by atoms with Crippen LogP contribution in [0.4, 0.5) is 17.1 Å². The third-order valence-corrected chi connectivity index (χ3v) is 9.89. The summed E-state index contributed by atoms with van der Waals surface area (Å²) in [6.45, 7) is 4.49. The van der Waals surface area contributed by atoms with Gasteiger partial charge in [-0.2, -0.15) is 5.26 Å². The van der Waals surface area contributed by atoms with Crippen molar-refractivity contribution in [1.29, 1.82) is 5.26 Å². The third-order valence-electron chi connectivity index (χ3n) is 8.90. The Morgan fingerprint density at radius 2 is 1.41 bits per heavy atom. The van der Waals surface area contributed by atoms with Crippen LogP contribution in [0.2, 0.25) is 0 Å². The van der Waals surface area contributed by atoms with Gasteiger partial charge in [0.1, 0.15) is 28.1 Å². The number of rotatable bonds is 10. The molecule has 0 fully saturated rings. The number of nitriles is 1. The number of aliphatic carboxylic acids is 1. The van der Waals surface area contributed by atoms with Gasteiger partial charge in [0.05, 0.1) is 19.1 Å². The maximum absolute atomic E-state index is 11.3. The van der Waals surface area contributed by atoms with E-state index in [9.17, 15) is 15.2 Å². The Bertz CT molecular complexity index is 1940. The summed E-state index contributed by atoms with van der Waals surface area (Å²) in [5.74, 6) is 0.333. The van der Waals surface area contributed by atoms with Crippen LogP contribution in [0, 0.1) is 11.3 Å². The number of carbonyl (C=O) groups is 1. The van der Waals surface area contributed by atoms with Gasteiger partial charge in [-0.15, -0.1) is 11.3 Å². The standard InChI is InChI=1S/C38H33N3O4S/c1-5-38(6-2)33-19-24(35-23-40-36(46-35)20-25(22-39)37(42)43)7-17-31(33)32-18-12-28(21-34(32)38)41(26-8-13-29(44-3)14-9-26)27-10-15-30(45-4)16-11-27/h7-21,23H,5-6H2,1-4H3,(H,42,43). The molecule has 0 spiro atoms. The van der Waals surface area contributed by atoms with Crippen LogP contribution in [0.1, 0.15) is 42.8 Å². The second-order valence-corrected chi connectivity index (χ2v) is 12.1. The first-order valence-electron chi connectivity index (χ1n) is 15.0. The molecule has 1 aliphatic rings. The largest absolute Gasteiger partial charge is 0.497 e. The predicted octanol–water partition coefficient (Wildman–Crippen LogP) is 9.38. The molecule has 1 heterocycles. The highest BCUT2D eigenvalue weighted by atomic mass is 32.1. The highest BCUT2D eigenvalue weighted by Gasteiger charge is 2.41. The number of hydrogen-bond acceptors (Lipinski definition) is 7. The zero-order valence-electron chi connectivity index (χ0n) is 26.1. The van der Waals surface area contributed by atoms with Crippen molar-refractivity contribution in [2.75, 3.05) is 19.1 Å². The SMILES string of the molecule is CCC1(CC)c2cc(-c3cnc(C=C(C#N)C(=O)O)s3)ccc2-c2ccc(N(c3ccc(OC)cc3)c3ccc(OC)cc3)cc21. The third kappa shape index (κ3) is 5.29. The Hall–Kier alpha value is -5.39.